The van der Waals surface area contributed by atoms with Crippen molar-refractivity contribution in [3.63, 3.8) is 0 Å². The SMILES string of the molecule is CCCCCCCCCCCCOc1ccc(C=CC(=O)OC(C)C)cc1OCCCCCCCCCCCC. The molecule has 0 atom stereocenters. The topological polar surface area (TPSA) is 44.8 Å². The van der Waals surface area contributed by atoms with Crippen molar-refractivity contribution in [1.82, 2.24) is 0 Å². The van der Waals surface area contributed by atoms with E-state index in [2.05, 4.69) is 13.8 Å². The molecule has 0 amide bonds. The third-order valence-corrected chi connectivity index (χ3v) is 7.24. The van der Waals surface area contributed by atoms with Crippen molar-refractivity contribution < 1.29 is 19.0 Å². The van der Waals surface area contributed by atoms with Crippen LogP contribution in [0.3, 0.4) is 0 Å². The van der Waals surface area contributed by atoms with Crippen molar-refractivity contribution in [1.29, 1.82) is 0 Å². The second kappa shape index (κ2) is 26.0. The Morgan fingerprint density at radius 3 is 1.50 bits per heavy atom. The molecule has 1 rings (SSSR count). The molecule has 0 bridgehead atoms. The molecule has 0 heterocycles. The van der Waals surface area contributed by atoms with Crippen LogP contribution in [0.25, 0.3) is 6.08 Å². The third kappa shape index (κ3) is 20.9. The van der Waals surface area contributed by atoms with E-state index in [4.69, 9.17) is 14.2 Å². The molecule has 0 aliphatic rings. The Bertz CT molecular complexity index is 755. The lowest BCUT2D eigenvalue weighted by Gasteiger charge is -2.14. The number of esters is 1. The Morgan fingerprint density at radius 2 is 1.05 bits per heavy atom. The van der Waals surface area contributed by atoms with Crippen molar-refractivity contribution in [2.24, 2.45) is 0 Å². The lowest BCUT2D eigenvalue weighted by atomic mass is 10.1. The Balaban J connectivity index is 2.43. The molecule has 0 aliphatic heterocycles. The number of carbonyl (C=O) groups is 1. The standard InChI is InChI=1S/C36H62O4/c1-5-7-9-11-13-15-17-19-21-23-29-38-34-27-25-33(26-28-36(37)40-32(3)4)31-35(34)39-30-24-22-20-18-16-14-12-10-8-6-2/h25-28,31-32H,5-24,29-30H2,1-4H3. The lowest BCUT2D eigenvalue weighted by molar-refractivity contribution is -0.141. The minimum Gasteiger partial charge on any atom is -0.490 e. The fourth-order valence-corrected chi connectivity index (χ4v) is 4.84. The second-order valence-electron chi connectivity index (χ2n) is 11.6. The molecule has 1 aromatic carbocycles. The van der Waals surface area contributed by atoms with Gasteiger partial charge in [0.15, 0.2) is 11.5 Å². The highest BCUT2D eigenvalue weighted by molar-refractivity contribution is 5.87. The van der Waals surface area contributed by atoms with Crippen LogP contribution < -0.4 is 9.47 Å². The normalized spacial score (nSPS) is 11.4. The quantitative estimate of drug-likeness (QED) is 0.0612. The fraction of sp³-hybridized carbons (Fsp3) is 0.750. The smallest absolute Gasteiger partial charge is 0.331 e. The van der Waals surface area contributed by atoms with Gasteiger partial charge in [-0.3, -0.25) is 0 Å². The zero-order valence-corrected chi connectivity index (χ0v) is 26.7. The van der Waals surface area contributed by atoms with Gasteiger partial charge in [0.05, 0.1) is 19.3 Å². The number of ether oxygens (including phenoxy) is 3. The summed E-state index contributed by atoms with van der Waals surface area (Å²) in [6.07, 6.45) is 29.3. The molecule has 230 valence electrons. The summed E-state index contributed by atoms with van der Waals surface area (Å²) >= 11 is 0. The van der Waals surface area contributed by atoms with E-state index >= 15 is 0 Å². The summed E-state index contributed by atoms with van der Waals surface area (Å²) in [7, 11) is 0. The van der Waals surface area contributed by atoms with Crippen LogP contribution in [0.15, 0.2) is 24.3 Å². The molecule has 0 aromatic heterocycles. The van der Waals surface area contributed by atoms with Gasteiger partial charge in [0.2, 0.25) is 0 Å². The number of carbonyl (C=O) groups excluding carboxylic acids is 1. The fourth-order valence-electron chi connectivity index (χ4n) is 4.84. The predicted octanol–water partition coefficient (Wildman–Crippen LogP) is 11.3. The van der Waals surface area contributed by atoms with Gasteiger partial charge in [-0.05, 0) is 50.5 Å². The van der Waals surface area contributed by atoms with Gasteiger partial charge in [0.25, 0.3) is 0 Å². The van der Waals surface area contributed by atoms with E-state index in [0.717, 1.165) is 29.9 Å². The van der Waals surface area contributed by atoms with E-state index in [9.17, 15) is 4.79 Å². The monoisotopic (exact) mass is 558 g/mol. The molecule has 4 nitrogen and oxygen atoms in total. The number of unbranched alkanes of at least 4 members (excludes halogenated alkanes) is 18. The summed E-state index contributed by atoms with van der Waals surface area (Å²) in [6, 6.07) is 5.92. The second-order valence-corrected chi connectivity index (χ2v) is 11.6. The molecule has 0 fully saturated rings. The molecule has 40 heavy (non-hydrogen) atoms. The van der Waals surface area contributed by atoms with Gasteiger partial charge < -0.3 is 14.2 Å². The Morgan fingerprint density at radius 1 is 0.625 bits per heavy atom. The molecular weight excluding hydrogens is 496 g/mol. The van der Waals surface area contributed by atoms with Crippen LogP contribution in [0.2, 0.25) is 0 Å². The zero-order chi connectivity index (χ0) is 29.1. The highest BCUT2D eigenvalue weighted by atomic mass is 16.5. The molecule has 4 heteroatoms. The number of benzene rings is 1. The number of hydrogen-bond donors (Lipinski definition) is 0. The highest BCUT2D eigenvalue weighted by Gasteiger charge is 2.08. The van der Waals surface area contributed by atoms with E-state index in [1.807, 2.05) is 32.0 Å². The number of rotatable bonds is 27. The molecule has 0 N–H and O–H groups in total. The molecule has 0 saturated carbocycles. The van der Waals surface area contributed by atoms with Crippen LogP contribution >= 0.6 is 0 Å². The van der Waals surface area contributed by atoms with Gasteiger partial charge in [-0.15, -0.1) is 0 Å². The van der Waals surface area contributed by atoms with E-state index in [-0.39, 0.29) is 12.1 Å². The molecule has 0 aliphatic carbocycles. The summed E-state index contributed by atoms with van der Waals surface area (Å²) in [5.74, 6) is 1.23. The Kier molecular flexibility index (Phi) is 23.4. The van der Waals surface area contributed by atoms with Crippen LogP contribution in [0.1, 0.15) is 162 Å². The lowest BCUT2D eigenvalue weighted by Crippen LogP contribution is -2.08. The van der Waals surface area contributed by atoms with E-state index in [1.54, 1.807) is 6.08 Å². The van der Waals surface area contributed by atoms with Crippen molar-refractivity contribution in [2.75, 3.05) is 13.2 Å². The van der Waals surface area contributed by atoms with Gasteiger partial charge >= 0.3 is 5.97 Å². The first-order valence-electron chi connectivity index (χ1n) is 16.8. The average Bonchev–Trinajstić information content (AvgIpc) is 2.94. The van der Waals surface area contributed by atoms with Crippen molar-refractivity contribution in [2.45, 2.75) is 162 Å². The zero-order valence-electron chi connectivity index (χ0n) is 26.7. The Hall–Kier alpha value is -1.97. The minimum atomic E-state index is -0.330. The maximum Gasteiger partial charge on any atom is 0.331 e. The van der Waals surface area contributed by atoms with Crippen LogP contribution in [-0.2, 0) is 9.53 Å². The van der Waals surface area contributed by atoms with Crippen molar-refractivity contribution in [3.05, 3.63) is 29.8 Å². The van der Waals surface area contributed by atoms with E-state index < -0.39 is 0 Å². The van der Waals surface area contributed by atoms with Crippen molar-refractivity contribution >= 4 is 12.0 Å². The maximum atomic E-state index is 11.9. The summed E-state index contributed by atoms with van der Waals surface area (Å²) in [5, 5.41) is 0. The third-order valence-electron chi connectivity index (χ3n) is 7.24. The molecule has 0 unspecified atom stereocenters. The molecule has 0 radical (unpaired) electrons. The molecule has 0 saturated heterocycles. The number of hydrogen-bond acceptors (Lipinski definition) is 4. The first-order chi connectivity index (χ1) is 19.6. The van der Waals surface area contributed by atoms with Crippen LogP contribution in [0, 0.1) is 0 Å². The van der Waals surface area contributed by atoms with Gasteiger partial charge in [0, 0.05) is 6.08 Å². The minimum absolute atomic E-state index is 0.126. The van der Waals surface area contributed by atoms with E-state index in [0.29, 0.717) is 13.2 Å². The van der Waals surface area contributed by atoms with Gasteiger partial charge in [-0.2, -0.15) is 0 Å². The van der Waals surface area contributed by atoms with Crippen LogP contribution in [0.4, 0.5) is 0 Å². The van der Waals surface area contributed by atoms with Crippen molar-refractivity contribution in [3.8, 4) is 11.5 Å². The average molecular weight is 559 g/mol. The molecule has 1 aromatic rings. The summed E-state index contributed by atoms with van der Waals surface area (Å²) in [5.41, 5.74) is 0.907. The van der Waals surface area contributed by atoms with Crippen LogP contribution in [-0.4, -0.2) is 25.3 Å². The maximum absolute atomic E-state index is 11.9. The summed E-state index contributed by atoms with van der Waals surface area (Å²) in [4.78, 5) is 11.9. The molecular formula is C36H62O4. The summed E-state index contributed by atoms with van der Waals surface area (Å²) in [6.45, 7) is 9.65. The summed E-state index contributed by atoms with van der Waals surface area (Å²) < 4.78 is 17.6. The Labute approximate surface area is 247 Å². The first-order valence-corrected chi connectivity index (χ1v) is 16.8. The highest BCUT2D eigenvalue weighted by Crippen LogP contribution is 2.30. The van der Waals surface area contributed by atoms with E-state index in [1.165, 1.54) is 122 Å². The van der Waals surface area contributed by atoms with Crippen LogP contribution in [0.5, 0.6) is 11.5 Å². The van der Waals surface area contributed by atoms with Gasteiger partial charge in [0.1, 0.15) is 0 Å². The first kappa shape index (κ1) is 36.1. The molecule has 0 spiro atoms. The van der Waals surface area contributed by atoms with Gasteiger partial charge in [-0.1, -0.05) is 135 Å². The largest absolute Gasteiger partial charge is 0.490 e. The predicted molar refractivity (Wildman–Crippen MR) is 171 cm³/mol. The van der Waals surface area contributed by atoms with Gasteiger partial charge in [-0.25, -0.2) is 4.79 Å².